The van der Waals surface area contributed by atoms with Crippen LogP contribution in [-0.4, -0.2) is 33.5 Å². The first-order chi connectivity index (χ1) is 15.6. The lowest BCUT2D eigenvalue weighted by Crippen LogP contribution is -2.16. The molecule has 0 radical (unpaired) electrons. The highest BCUT2D eigenvalue weighted by molar-refractivity contribution is 7.98. The number of methoxy groups -OCH3 is 1. The molecule has 0 aliphatic rings. The standard InChI is InChI=1S/C23H22ClFN4O2S/c1-15(12-30-2)29-21(13-31-20-8-4-3-7-19(20)25)27-28-23(29)32-14-16-9-10-18(24)17-6-5-11-26-22(16)17/h3-11,15H,12-14H2,1-2H3. The second kappa shape index (κ2) is 10.3. The molecule has 32 heavy (non-hydrogen) atoms. The molecule has 2 aromatic carbocycles. The topological polar surface area (TPSA) is 62.1 Å². The van der Waals surface area contributed by atoms with E-state index in [0.717, 1.165) is 21.6 Å². The Bertz CT molecular complexity index is 1220. The van der Waals surface area contributed by atoms with Crippen LogP contribution in [0.15, 0.2) is 59.9 Å². The maximum atomic E-state index is 13.9. The van der Waals surface area contributed by atoms with E-state index in [9.17, 15) is 4.39 Å². The molecule has 0 fully saturated rings. The van der Waals surface area contributed by atoms with Crippen molar-refractivity contribution in [2.45, 2.75) is 30.5 Å². The molecule has 0 aliphatic carbocycles. The highest BCUT2D eigenvalue weighted by Gasteiger charge is 2.19. The van der Waals surface area contributed by atoms with E-state index in [1.807, 2.05) is 35.8 Å². The van der Waals surface area contributed by atoms with Gasteiger partial charge in [-0.2, -0.15) is 0 Å². The summed E-state index contributed by atoms with van der Waals surface area (Å²) in [4.78, 5) is 4.50. The molecule has 0 saturated heterocycles. The maximum absolute atomic E-state index is 13.9. The summed E-state index contributed by atoms with van der Waals surface area (Å²) in [5.74, 6) is 0.991. The Morgan fingerprint density at radius 3 is 2.78 bits per heavy atom. The lowest BCUT2D eigenvalue weighted by atomic mass is 10.1. The summed E-state index contributed by atoms with van der Waals surface area (Å²) in [6.45, 7) is 2.58. The molecule has 1 atom stereocenters. The second-order valence-corrected chi connectivity index (χ2v) is 8.54. The van der Waals surface area contributed by atoms with Crippen LogP contribution < -0.4 is 4.74 Å². The van der Waals surface area contributed by atoms with Crippen LogP contribution in [-0.2, 0) is 17.1 Å². The Hall–Kier alpha value is -2.68. The monoisotopic (exact) mass is 472 g/mol. The predicted molar refractivity (Wildman–Crippen MR) is 124 cm³/mol. The number of para-hydroxylation sites is 1. The minimum absolute atomic E-state index is 0.0307. The Morgan fingerprint density at radius 2 is 1.97 bits per heavy atom. The largest absolute Gasteiger partial charge is 0.483 e. The molecule has 4 rings (SSSR count). The van der Waals surface area contributed by atoms with Crippen molar-refractivity contribution in [1.29, 1.82) is 0 Å². The molecule has 0 spiro atoms. The van der Waals surface area contributed by atoms with E-state index >= 15 is 0 Å². The smallest absolute Gasteiger partial charge is 0.191 e. The fourth-order valence-electron chi connectivity index (χ4n) is 3.42. The normalized spacial score (nSPS) is 12.2. The molecule has 2 heterocycles. The zero-order valence-electron chi connectivity index (χ0n) is 17.7. The molecule has 0 aliphatic heterocycles. The number of hydrogen-bond donors (Lipinski definition) is 0. The van der Waals surface area contributed by atoms with Crippen LogP contribution in [0.2, 0.25) is 5.02 Å². The van der Waals surface area contributed by atoms with Gasteiger partial charge in [0.15, 0.2) is 22.5 Å². The van der Waals surface area contributed by atoms with Gasteiger partial charge in [-0.05, 0) is 42.8 Å². The summed E-state index contributed by atoms with van der Waals surface area (Å²) in [6.07, 6.45) is 1.76. The Labute approximate surface area is 194 Å². The molecule has 0 amide bonds. The number of fused-ring (bicyclic) bond motifs is 1. The number of hydrogen-bond acceptors (Lipinski definition) is 6. The molecular weight excluding hydrogens is 451 g/mol. The van der Waals surface area contributed by atoms with Crippen molar-refractivity contribution in [3.05, 3.63) is 77.0 Å². The van der Waals surface area contributed by atoms with Crippen molar-refractivity contribution >= 4 is 34.3 Å². The van der Waals surface area contributed by atoms with Gasteiger partial charge in [0.2, 0.25) is 0 Å². The number of thioether (sulfide) groups is 1. The number of pyridine rings is 1. The molecule has 2 aromatic heterocycles. The molecule has 0 N–H and O–H groups in total. The first-order valence-electron chi connectivity index (χ1n) is 10.0. The molecular formula is C23H22ClFN4O2S. The van der Waals surface area contributed by atoms with Gasteiger partial charge in [0.25, 0.3) is 0 Å². The maximum Gasteiger partial charge on any atom is 0.191 e. The third kappa shape index (κ3) is 4.87. The summed E-state index contributed by atoms with van der Waals surface area (Å²) in [5.41, 5.74) is 1.92. The zero-order valence-corrected chi connectivity index (χ0v) is 19.2. The number of halogens is 2. The number of ether oxygens (including phenoxy) is 2. The molecule has 166 valence electrons. The Balaban J connectivity index is 1.57. The third-order valence-corrected chi connectivity index (χ3v) is 6.26. The third-order valence-electron chi connectivity index (χ3n) is 4.93. The van der Waals surface area contributed by atoms with Crippen molar-refractivity contribution < 1.29 is 13.9 Å². The van der Waals surface area contributed by atoms with Gasteiger partial charge in [-0.1, -0.05) is 41.6 Å². The molecule has 0 bridgehead atoms. The lowest BCUT2D eigenvalue weighted by Gasteiger charge is -2.17. The first-order valence-corrected chi connectivity index (χ1v) is 11.4. The fraction of sp³-hybridized carbons (Fsp3) is 0.261. The molecule has 4 aromatic rings. The summed E-state index contributed by atoms with van der Waals surface area (Å²) >= 11 is 7.86. The average molecular weight is 473 g/mol. The minimum Gasteiger partial charge on any atom is -0.483 e. The SMILES string of the molecule is COCC(C)n1c(COc2ccccc2F)nnc1SCc1ccc(Cl)c2cccnc12. The molecule has 6 nitrogen and oxygen atoms in total. The van der Waals surface area contributed by atoms with Crippen LogP contribution in [0.1, 0.15) is 24.4 Å². The van der Waals surface area contributed by atoms with E-state index in [-0.39, 0.29) is 18.4 Å². The van der Waals surface area contributed by atoms with Crippen LogP contribution in [0.3, 0.4) is 0 Å². The second-order valence-electron chi connectivity index (χ2n) is 7.19. The van der Waals surface area contributed by atoms with Crippen molar-refractivity contribution in [3.63, 3.8) is 0 Å². The summed E-state index contributed by atoms with van der Waals surface area (Å²) in [7, 11) is 1.65. The van der Waals surface area contributed by atoms with Crippen LogP contribution in [0.4, 0.5) is 4.39 Å². The van der Waals surface area contributed by atoms with Gasteiger partial charge in [0.1, 0.15) is 6.61 Å². The van der Waals surface area contributed by atoms with E-state index in [1.54, 1.807) is 43.3 Å². The molecule has 0 saturated carbocycles. The summed E-state index contributed by atoms with van der Waals surface area (Å²) in [6, 6.07) is 14.0. The molecule has 1 unspecified atom stereocenters. The van der Waals surface area contributed by atoms with Crippen LogP contribution >= 0.6 is 23.4 Å². The van der Waals surface area contributed by atoms with Gasteiger partial charge in [0, 0.05) is 29.5 Å². The van der Waals surface area contributed by atoms with Gasteiger partial charge in [-0.3, -0.25) is 9.55 Å². The van der Waals surface area contributed by atoms with E-state index < -0.39 is 5.82 Å². The average Bonchev–Trinajstić information content (AvgIpc) is 3.21. The van der Waals surface area contributed by atoms with Gasteiger partial charge in [-0.15, -0.1) is 10.2 Å². The van der Waals surface area contributed by atoms with Gasteiger partial charge < -0.3 is 9.47 Å². The van der Waals surface area contributed by atoms with E-state index in [2.05, 4.69) is 15.2 Å². The highest BCUT2D eigenvalue weighted by Crippen LogP contribution is 2.31. The zero-order chi connectivity index (χ0) is 22.5. The minimum atomic E-state index is -0.416. The van der Waals surface area contributed by atoms with Crippen molar-refractivity contribution in [1.82, 2.24) is 19.7 Å². The van der Waals surface area contributed by atoms with Crippen LogP contribution in [0, 0.1) is 5.82 Å². The van der Waals surface area contributed by atoms with Crippen molar-refractivity contribution in [2.75, 3.05) is 13.7 Å². The van der Waals surface area contributed by atoms with Crippen LogP contribution in [0.5, 0.6) is 5.75 Å². The molecule has 9 heteroatoms. The van der Waals surface area contributed by atoms with Crippen LogP contribution in [0.25, 0.3) is 10.9 Å². The van der Waals surface area contributed by atoms with E-state index in [1.165, 1.54) is 6.07 Å². The number of benzene rings is 2. The number of aromatic nitrogens is 4. The van der Waals surface area contributed by atoms with E-state index in [4.69, 9.17) is 21.1 Å². The Morgan fingerprint density at radius 1 is 1.12 bits per heavy atom. The summed E-state index contributed by atoms with van der Waals surface area (Å²) in [5, 5.41) is 11.0. The van der Waals surface area contributed by atoms with Gasteiger partial charge >= 0.3 is 0 Å². The quantitative estimate of drug-likeness (QED) is 0.291. The lowest BCUT2D eigenvalue weighted by molar-refractivity contribution is 0.154. The number of nitrogens with zero attached hydrogens (tertiary/aromatic N) is 4. The predicted octanol–water partition coefficient (Wildman–Crippen LogP) is 5.70. The van der Waals surface area contributed by atoms with Crippen molar-refractivity contribution in [2.24, 2.45) is 0 Å². The first kappa shape index (κ1) is 22.5. The van der Waals surface area contributed by atoms with E-state index in [0.29, 0.717) is 23.2 Å². The fourth-order valence-corrected chi connectivity index (χ4v) is 4.68. The van der Waals surface area contributed by atoms with Crippen molar-refractivity contribution in [3.8, 4) is 5.75 Å². The highest BCUT2D eigenvalue weighted by atomic mass is 35.5. The number of rotatable bonds is 9. The Kier molecular flexibility index (Phi) is 7.24. The summed E-state index contributed by atoms with van der Waals surface area (Å²) < 4.78 is 26.9. The van der Waals surface area contributed by atoms with Gasteiger partial charge in [-0.25, -0.2) is 4.39 Å². The van der Waals surface area contributed by atoms with Gasteiger partial charge in [0.05, 0.1) is 18.2 Å².